The second kappa shape index (κ2) is 13.0. The first kappa shape index (κ1) is 20.7. The number of benzene rings is 1. The van der Waals surface area contributed by atoms with Crippen LogP contribution in [0.3, 0.4) is 0 Å². The molecule has 0 aromatic heterocycles. The topological polar surface area (TPSA) is 52.5 Å². The van der Waals surface area contributed by atoms with E-state index in [-0.39, 0.29) is 11.5 Å². The van der Waals surface area contributed by atoms with Crippen molar-refractivity contribution >= 4 is 5.69 Å². The maximum atomic E-state index is 9.43. The monoisotopic (exact) mass is 335 g/mol. The van der Waals surface area contributed by atoms with Crippen molar-refractivity contribution in [2.45, 2.75) is 84.5 Å². The van der Waals surface area contributed by atoms with Crippen LogP contribution >= 0.6 is 0 Å². The average Bonchev–Trinajstić information content (AvgIpc) is 2.55. The number of phenols is 2. The third kappa shape index (κ3) is 10.4. The zero-order chi connectivity index (χ0) is 17.6. The molecule has 1 aromatic rings. The van der Waals surface area contributed by atoms with Crippen molar-refractivity contribution in [3.05, 3.63) is 18.2 Å². The number of anilines is 1. The molecule has 0 bridgehead atoms. The van der Waals surface area contributed by atoms with Crippen LogP contribution in [0.1, 0.15) is 84.5 Å². The number of unbranched alkanes of at least 4 members (excludes halogenated alkanes) is 9. The molecule has 0 saturated heterocycles. The molecule has 24 heavy (non-hydrogen) atoms. The summed E-state index contributed by atoms with van der Waals surface area (Å²) in [6.07, 6.45) is 14.9. The summed E-state index contributed by atoms with van der Waals surface area (Å²) in [4.78, 5) is 0. The summed E-state index contributed by atoms with van der Waals surface area (Å²) in [5, 5.41) is 22.0. The highest BCUT2D eigenvalue weighted by Crippen LogP contribution is 2.27. The molecule has 0 saturated carbocycles. The smallest absolute Gasteiger partial charge is 0.159 e. The van der Waals surface area contributed by atoms with Crippen molar-refractivity contribution in [1.82, 2.24) is 0 Å². The molecule has 1 rings (SSSR count). The molecule has 1 aromatic carbocycles. The van der Waals surface area contributed by atoms with E-state index in [1.165, 1.54) is 70.3 Å². The fourth-order valence-electron chi connectivity index (χ4n) is 2.96. The first-order valence-corrected chi connectivity index (χ1v) is 9.85. The van der Waals surface area contributed by atoms with E-state index in [2.05, 4.69) is 19.2 Å². The van der Waals surface area contributed by atoms with Gasteiger partial charge in [0.05, 0.1) is 0 Å². The summed E-state index contributed by atoms with van der Waals surface area (Å²) in [7, 11) is 0. The van der Waals surface area contributed by atoms with Crippen LogP contribution in [0.25, 0.3) is 0 Å². The number of rotatable bonds is 14. The normalized spacial score (nSPS) is 11.1. The molecule has 0 radical (unpaired) electrons. The maximum Gasteiger partial charge on any atom is 0.159 e. The fourth-order valence-corrected chi connectivity index (χ4v) is 2.96. The van der Waals surface area contributed by atoms with Crippen molar-refractivity contribution in [2.24, 2.45) is 5.92 Å². The zero-order valence-corrected chi connectivity index (χ0v) is 15.7. The first-order valence-electron chi connectivity index (χ1n) is 9.85. The zero-order valence-electron chi connectivity index (χ0n) is 15.7. The molecule has 3 nitrogen and oxygen atoms in total. The van der Waals surface area contributed by atoms with Gasteiger partial charge in [0, 0.05) is 18.3 Å². The Labute approximate surface area is 148 Å². The minimum absolute atomic E-state index is 0.0656. The Morgan fingerprint density at radius 3 is 1.83 bits per heavy atom. The van der Waals surface area contributed by atoms with Crippen LogP contribution in [0.5, 0.6) is 11.5 Å². The predicted octanol–water partition coefficient (Wildman–Crippen LogP) is 6.46. The first-order chi connectivity index (χ1) is 11.6. The van der Waals surface area contributed by atoms with E-state index in [1.807, 2.05) is 0 Å². The summed E-state index contributed by atoms with van der Waals surface area (Å²) in [5.74, 6) is 0.726. The molecular formula is C21H37NO2. The molecule has 0 fully saturated rings. The Balaban J connectivity index is 1.84. The Morgan fingerprint density at radius 1 is 0.750 bits per heavy atom. The van der Waals surface area contributed by atoms with E-state index < -0.39 is 0 Å². The predicted molar refractivity (Wildman–Crippen MR) is 104 cm³/mol. The van der Waals surface area contributed by atoms with Crippen molar-refractivity contribution in [2.75, 3.05) is 11.9 Å². The molecular weight excluding hydrogens is 298 g/mol. The standard InChI is InChI=1S/C21H37NO2/c1-18(2)13-11-9-7-5-3-4-6-8-10-12-16-22-19-14-15-20(23)21(24)17-19/h14-15,17-18,22-24H,3-13,16H2,1-2H3. The number of nitrogens with one attached hydrogen (secondary N) is 1. The average molecular weight is 336 g/mol. The molecule has 3 heteroatoms. The Bertz CT molecular complexity index is 432. The van der Waals surface area contributed by atoms with Crippen LogP contribution in [0, 0.1) is 5.92 Å². The molecule has 0 amide bonds. The summed E-state index contributed by atoms with van der Waals surface area (Å²) >= 11 is 0. The van der Waals surface area contributed by atoms with Gasteiger partial charge in [0.25, 0.3) is 0 Å². The Hall–Kier alpha value is -1.38. The lowest BCUT2D eigenvalue weighted by molar-refractivity contribution is 0.404. The minimum atomic E-state index is -0.0690. The molecule has 0 aliphatic heterocycles. The van der Waals surface area contributed by atoms with Gasteiger partial charge < -0.3 is 15.5 Å². The minimum Gasteiger partial charge on any atom is -0.504 e. The van der Waals surface area contributed by atoms with Crippen molar-refractivity contribution in [3.8, 4) is 11.5 Å². The van der Waals surface area contributed by atoms with Gasteiger partial charge in [-0.3, -0.25) is 0 Å². The summed E-state index contributed by atoms with van der Waals surface area (Å²) < 4.78 is 0. The van der Waals surface area contributed by atoms with E-state index in [0.717, 1.165) is 24.6 Å². The van der Waals surface area contributed by atoms with Crippen molar-refractivity contribution in [1.29, 1.82) is 0 Å². The van der Waals surface area contributed by atoms with Crippen LogP contribution in [0.15, 0.2) is 18.2 Å². The van der Waals surface area contributed by atoms with Gasteiger partial charge in [-0.05, 0) is 24.5 Å². The van der Waals surface area contributed by atoms with Gasteiger partial charge >= 0.3 is 0 Å². The molecule has 0 spiro atoms. The highest BCUT2D eigenvalue weighted by Gasteiger charge is 2.00. The van der Waals surface area contributed by atoms with Gasteiger partial charge in [-0.25, -0.2) is 0 Å². The van der Waals surface area contributed by atoms with Gasteiger partial charge in [0.2, 0.25) is 0 Å². The third-order valence-corrected chi connectivity index (χ3v) is 4.51. The largest absolute Gasteiger partial charge is 0.504 e. The van der Waals surface area contributed by atoms with Gasteiger partial charge in [-0.15, -0.1) is 0 Å². The van der Waals surface area contributed by atoms with Crippen LogP contribution in [0.2, 0.25) is 0 Å². The number of hydrogen-bond acceptors (Lipinski definition) is 3. The molecule has 0 unspecified atom stereocenters. The second-order valence-corrected chi connectivity index (χ2v) is 7.35. The summed E-state index contributed by atoms with van der Waals surface area (Å²) in [5.41, 5.74) is 0.864. The number of aromatic hydroxyl groups is 2. The lowest BCUT2D eigenvalue weighted by Gasteiger charge is -2.07. The van der Waals surface area contributed by atoms with Crippen molar-refractivity contribution in [3.63, 3.8) is 0 Å². The maximum absolute atomic E-state index is 9.43. The molecule has 0 aliphatic rings. The van der Waals surface area contributed by atoms with Gasteiger partial charge in [-0.1, -0.05) is 78.1 Å². The van der Waals surface area contributed by atoms with E-state index in [4.69, 9.17) is 0 Å². The van der Waals surface area contributed by atoms with Gasteiger partial charge in [-0.2, -0.15) is 0 Å². The van der Waals surface area contributed by atoms with E-state index >= 15 is 0 Å². The highest BCUT2D eigenvalue weighted by atomic mass is 16.3. The SMILES string of the molecule is CC(C)CCCCCCCCCCCCNc1ccc(O)c(O)c1. The number of phenolic OH excluding ortho intramolecular Hbond substituents is 2. The van der Waals surface area contributed by atoms with Crippen LogP contribution in [-0.4, -0.2) is 16.8 Å². The van der Waals surface area contributed by atoms with Crippen LogP contribution in [-0.2, 0) is 0 Å². The van der Waals surface area contributed by atoms with E-state index in [1.54, 1.807) is 12.1 Å². The molecule has 138 valence electrons. The lowest BCUT2D eigenvalue weighted by atomic mass is 10.0. The highest BCUT2D eigenvalue weighted by molar-refractivity contribution is 5.53. The van der Waals surface area contributed by atoms with E-state index in [0.29, 0.717) is 0 Å². The summed E-state index contributed by atoms with van der Waals surface area (Å²) in [6.45, 7) is 5.54. The van der Waals surface area contributed by atoms with E-state index in [9.17, 15) is 10.2 Å². The Kier molecular flexibility index (Phi) is 11.2. The lowest BCUT2D eigenvalue weighted by Crippen LogP contribution is -2.01. The summed E-state index contributed by atoms with van der Waals surface area (Å²) in [6, 6.07) is 4.87. The molecule has 0 atom stereocenters. The molecule has 0 heterocycles. The molecule has 0 aliphatic carbocycles. The van der Waals surface area contributed by atoms with Gasteiger partial charge in [0.15, 0.2) is 11.5 Å². The fraction of sp³-hybridized carbons (Fsp3) is 0.714. The second-order valence-electron chi connectivity index (χ2n) is 7.35. The van der Waals surface area contributed by atoms with Crippen LogP contribution < -0.4 is 5.32 Å². The quantitative estimate of drug-likeness (QED) is 0.208. The Morgan fingerprint density at radius 2 is 1.29 bits per heavy atom. The van der Waals surface area contributed by atoms with Crippen molar-refractivity contribution < 1.29 is 10.2 Å². The van der Waals surface area contributed by atoms with Crippen LogP contribution in [0.4, 0.5) is 5.69 Å². The molecule has 3 N–H and O–H groups in total. The number of hydrogen-bond donors (Lipinski definition) is 3. The third-order valence-electron chi connectivity index (χ3n) is 4.51. The van der Waals surface area contributed by atoms with Gasteiger partial charge in [0.1, 0.15) is 0 Å².